The van der Waals surface area contributed by atoms with Crippen molar-refractivity contribution in [2.24, 2.45) is 0 Å². The Morgan fingerprint density at radius 3 is 2.53 bits per heavy atom. The van der Waals surface area contributed by atoms with Crippen molar-refractivity contribution in [3.63, 3.8) is 0 Å². The summed E-state index contributed by atoms with van der Waals surface area (Å²) in [4.78, 5) is 18.5. The number of rotatable bonds is 3. The molecule has 0 radical (unpaired) electrons. The summed E-state index contributed by atoms with van der Waals surface area (Å²) < 4.78 is 0. The first-order valence-corrected chi connectivity index (χ1v) is 6.09. The number of nitrogens with zero attached hydrogens (tertiary/aromatic N) is 2. The highest BCUT2D eigenvalue weighted by atomic mass is 16.1. The van der Waals surface area contributed by atoms with E-state index in [0.29, 0.717) is 11.4 Å². The zero-order valence-electron chi connectivity index (χ0n) is 11.3. The second-order valence-electron chi connectivity index (χ2n) is 4.53. The molecule has 98 valence electrons. The maximum atomic E-state index is 12.3. The number of hydrogen-bond acceptors (Lipinski definition) is 3. The maximum Gasteiger partial charge on any atom is 0.258 e. The van der Waals surface area contributed by atoms with Crippen molar-refractivity contribution in [2.45, 2.75) is 6.92 Å². The van der Waals surface area contributed by atoms with Crippen LogP contribution in [0, 0.1) is 6.92 Å². The molecule has 2 aromatic rings. The average molecular weight is 255 g/mol. The van der Waals surface area contributed by atoms with E-state index < -0.39 is 0 Å². The van der Waals surface area contributed by atoms with Gasteiger partial charge in [-0.25, -0.2) is 4.98 Å². The van der Waals surface area contributed by atoms with E-state index in [2.05, 4.69) is 10.3 Å². The fourth-order valence-corrected chi connectivity index (χ4v) is 1.85. The molecule has 0 unspecified atom stereocenters. The first-order valence-electron chi connectivity index (χ1n) is 6.09. The number of hydrogen-bond donors (Lipinski definition) is 1. The molecule has 0 fully saturated rings. The Kier molecular flexibility index (Phi) is 3.80. The van der Waals surface area contributed by atoms with Gasteiger partial charge < -0.3 is 10.2 Å². The zero-order chi connectivity index (χ0) is 13.8. The number of carbonyl (C=O) groups is 1. The lowest BCUT2D eigenvalue weighted by Gasteiger charge is -2.16. The Morgan fingerprint density at radius 2 is 1.84 bits per heavy atom. The van der Waals surface area contributed by atoms with Crippen LogP contribution in [0.5, 0.6) is 0 Å². The minimum Gasteiger partial charge on any atom is -0.377 e. The number of amides is 1. The number of nitrogens with one attached hydrogen (secondary N) is 1. The van der Waals surface area contributed by atoms with Crippen LogP contribution in [0.15, 0.2) is 42.5 Å². The molecule has 1 amide bonds. The summed E-state index contributed by atoms with van der Waals surface area (Å²) in [6.07, 6.45) is 0. The summed E-state index contributed by atoms with van der Waals surface area (Å²) in [6.45, 7) is 1.89. The van der Waals surface area contributed by atoms with Crippen LogP contribution >= 0.6 is 0 Å². The molecule has 0 saturated heterocycles. The van der Waals surface area contributed by atoms with Gasteiger partial charge in [-0.2, -0.15) is 0 Å². The van der Waals surface area contributed by atoms with Gasteiger partial charge >= 0.3 is 0 Å². The number of para-hydroxylation sites is 1. The van der Waals surface area contributed by atoms with Gasteiger partial charge in [-0.05, 0) is 31.2 Å². The molecule has 4 heteroatoms. The molecule has 0 aliphatic rings. The highest BCUT2D eigenvalue weighted by Crippen LogP contribution is 2.19. The first-order chi connectivity index (χ1) is 9.08. The summed E-state index contributed by atoms with van der Waals surface area (Å²) in [7, 11) is 3.83. The number of anilines is 2. The van der Waals surface area contributed by atoms with E-state index in [1.807, 2.05) is 56.3 Å². The topological polar surface area (TPSA) is 45.2 Å². The molecule has 0 saturated carbocycles. The minimum atomic E-state index is -0.151. The van der Waals surface area contributed by atoms with Crippen molar-refractivity contribution in [3.8, 4) is 0 Å². The number of carbonyl (C=O) groups excluding carboxylic acids is 1. The van der Waals surface area contributed by atoms with E-state index in [0.717, 1.165) is 11.4 Å². The Labute approximate surface area is 113 Å². The molecule has 1 N–H and O–H groups in total. The molecule has 2 rings (SSSR count). The first kappa shape index (κ1) is 13.1. The highest BCUT2D eigenvalue weighted by molar-refractivity contribution is 6.07. The third-order valence-corrected chi connectivity index (χ3v) is 2.76. The Balaban J connectivity index is 2.25. The van der Waals surface area contributed by atoms with Crippen molar-refractivity contribution in [1.29, 1.82) is 0 Å². The largest absolute Gasteiger partial charge is 0.377 e. The lowest BCUT2D eigenvalue weighted by molar-refractivity contribution is 0.102. The predicted molar refractivity (Wildman–Crippen MR) is 77.7 cm³/mol. The van der Waals surface area contributed by atoms with E-state index >= 15 is 0 Å². The second-order valence-corrected chi connectivity index (χ2v) is 4.53. The normalized spacial score (nSPS) is 10.1. The van der Waals surface area contributed by atoms with Crippen LogP contribution in [0.3, 0.4) is 0 Å². The summed E-state index contributed by atoms with van der Waals surface area (Å²) >= 11 is 0. The van der Waals surface area contributed by atoms with E-state index in [4.69, 9.17) is 0 Å². The van der Waals surface area contributed by atoms with Gasteiger partial charge in [-0.1, -0.05) is 18.2 Å². The lowest BCUT2D eigenvalue weighted by Crippen LogP contribution is -2.18. The van der Waals surface area contributed by atoms with Gasteiger partial charge in [-0.3, -0.25) is 4.79 Å². The van der Waals surface area contributed by atoms with Gasteiger partial charge in [0.25, 0.3) is 5.91 Å². The third kappa shape index (κ3) is 3.10. The number of aromatic nitrogens is 1. The van der Waals surface area contributed by atoms with Crippen LogP contribution in [0.4, 0.5) is 11.5 Å². The molecule has 0 atom stereocenters. The molecule has 0 bridgehead atoms. The van der Waals surface area contributed by atoms with Gasteiger partial charge in [0.2, 0.25) is 0 Å². The molecule has 19 heavy (non-hydrogen) atoms. The van der Waals surface area contributed by atoms with Gasteiger partial charge in [-0.15, -0.1) is 0 Å². The summed E-state index contributed by atoms with van der Waals surface area (Å²) in [5.74, 6) is 0.418. The monoisotopic (exact) mass is 255 g/mol. The lowest BCUT2D eigenvalue weighted by atomic mass is 10.1. The molecule has 1 heterocycles. The van der Waals surface area contributed by atoms with Crippen molar-refractivity contribution in [3.05, 3.63) is 53.7 Å². The maximum absolute atomic E-state index is 12.3. The second kappa shape index (κ2) is 5.52. The molecule has 1 aromatic heterocycles. The molecule has 4 nitrogen and oxygen atoms in total. The molecular formula is C15H17N3O. The molecule has 1 aromatic carbocycles. The smallest absolute Gasteiger partial charge is 0.258 e. The van der Waals surface area contributed by atoms with Crippen LogP contribution in [0.25, 0.3) is 0 Å². The van der Waals surface area contributed by atoms with Crippen LogP contribution in [-0.2, 0) is 0 Å². The third-order valence-electron chi connectivity index (χ3n) is 2.76. The number of benzene rings is 1. The fraction of sp³-hybridized carbons (Fsp3) is 0.200. The molecule has 0 aliphatic carbocycles. The highest BCUT2D eigenvalue weighted by Gasteiger charge is 2.12. The van der Waals surface area contributed by atoms with Crippen molar-refractivity contribution >= 4 is 17.4 Å². The van der Waals surface area contributed by atoms with E-state index in [-0.39, 0.29) is 5.91 Å². The summed E-state index contributed by atoms with van der Waals surface area (Å²) in [5, 5.41) is 2.82. The minimum absolute atomic E-state index is 0.151. The van der Waals surface area contributed by atoms with E-state index in [1.165, 1.54) is 0 Å². The Morgan fingerprint density at radius 1 is 1.11 bits per heavy atom. The van der Waals surface area contributed by atoms with Gasteiger partial charge in [0.05, 0.1) is 5.56 Å². The quantitative estimate of drug-likeness (QED) is 0.917. The van der Waals surface area contributed by atoms with Crippen LogP contribution < -0.4 is 10.2 Å². The Hall–Kier alpha value is -2.36. The van der Waals surface area contributed by atoms with Crippen molar-refractivity contribution in [2.75, 3.05) is 24.3 Å². The average Bonchev–Trinajstić information content (AvgIpc) is 2.38. The van der Waals surface area contributed by atoms with Gasteiger partial charge in [0.15, 0.2) is 0 Å². The van der Waals surface area contributed by atoms with Crippen molar-refractivity contribution in [1.82, 2.24) is 4.98 Å². The van der Waals surface area contributed by atoms with Crippen LogP contribution in [0.1, 0.15) is 16.1 Å². The standard InChI is InChI=1S/C15H17N3O/c1-11-7-6-10-14(16-11)17-15(19)12-8-4-5-9-13(12)18(2)3/h4-10H,1-3H3,(H,16,17,19). The van der Waals surface area contributed by atoms with Gasteiger partial charge in [0, 0.05) is 25.5 Å². The van der Waals surface area contributed by atoms with Crippen LogP contribution in [-0.4, -0.2) is 25.0 Å². The van der Waals surface area contributed by atoms with Crippen molar-refractivity contribution < 1.29 is 4.79 Å². The zero-order valence-corrected chi connectivity index (χ0v) is 11.3. The predicted octanol–water partition coefficient (Wildman–Crippen LogP) is 2.71. The Bertz CT molecular complexity index is 593. The van der Waals surface area contributed by atoms with Crippen LogP contribution in [0.2, 0.25) is 0 Å². The van der Waals surface area contributed by atoms with Gasteiger partial charge in [0.1, 0.15) is 5.82 Å². The summed E-state index contributed by atoms with van der Waals surface area (Å²) in [6, 6.07) is 13.0. The fourth-order valence-electron chi connectivity index (χ4n) is 1.85. The molecule has 0 spiro atoms. The SMILES string of the molecule is Cc1cccc(NC(=O)c2ccccc2N(C)C)n1. The van der Waals surface area contributed by atoms with E-state index in [1.54, 1.807) is 12.1 Å². The molecule has 0 aliphatic heterocycles. The van der Waals surface area contributed by atoms with E-state index in [9.17, 15) is 4.79 Å². The number of pyridine rings is 1. The summed E-state index contributed by atoms with van der Waals surface area (Å²) in [5.41, 5.74) is 2.39. The number of aryl methyl sites for hydroxylation is 1. The molecular weight excluding hydrogens is 238 g/mol.